The molecule has 3 rings (SSSR count). The van der Waals surface area contributed by atoms with Crippen LogP contribution in [0.4, 0.5) is 0 Å². The Morgan fingerprint density at radius 1 is 1.28 bits per heavy atom. The Labute approximate surface area is 147 Å². The first-order valence-corrected chi connectivity index (χ1v) is 8.53. The molecule has 2 aromatic rings. The van der Waals surface area contributed by atoms with E-state index in [1.54, 1.807) is 18.1 Å². The van der Waals surface area contributed by atoms with Crippen LogP contribution in [0.2, 0.25) is 0 Å². The maximum absolute atomic E-state index is 12.4. The predicted octanol–water partition coefficient (Wildman–Crippen LogP) is 1.37. The van der Waals surface area contributed by atoms with Gasteiger partial charge in [0.2, 0.25) is 17.6 Å². The van der Waals surface area contributed by atoms with E-state index in [2.05, 4.69) is 39.8 Å². The summed E-state index contributed by atoms with van der Waals surface area (Å²) >= 11 is 0. The molecule has 0 aliphatic carbocycles. The smallest absolute Gasteiger partial charge is 0.246 e. The highest BCUT2D eigenvalue weighted by Crippen LogP contribution is 2.21. The van der Waals surface area contributed by atoms with E-state index >= 15 is 0 Å². The number of nitrogens with one attached hydrogen (secondary N) is 2. The zero-order valence-electron chi connectivity index (χ0n) is 14.8. The van der Waals surface area contributed by atoms with Crippen molar-refractivity contribution < 1.29 is 9.32 Å². The van der Waals surface area contributed by atoms with E-state index in [0.717, 1.165) is 6.42 Å². The second-order valence-electron chi connectivity index (χ2n) is 6.55. The van der Waals surface area contributed by atoms with E-state index < -0.39 is 0 Å². The molecule has 134 valence electrons. The number of hydrogen-bond acceptors (Lipinski definition) is 7. The molecule has 1 amide bonds. The lowest BCUT2D eigenvalue weighted by molar-refractivity contribution is -0.131. The molecule has 1 aliphatic rings. The molecule has 0 saturated carbocycles. The van der Waals surface area contributed by atoms with Crippen LogP contribution in [0.1, 0.15) is 32.6 Å². The highest BCUT2D eigenvalue weighted by Gasteiger charge is 2.30. The molecule has 25 heavy (non-hydrogen) atoms. The molecular weight excluding hydrogens is 320 g/mol. The quantitative estimate of drug-likeness (QED) is 0.817. The third-order valence-electron chi connectivity index (χ3n) is 4.67. The average Bonchev–Trinajstić information content (AvgIpc) is 3.21. The Morgan fingerprint density at radius 2 is 2.04 bits per heavy atom. The molecule has 0 radical (unpaired) electrons. The maximum atomic E-state index is 12.4. The molecule has 3 heterocycles. The Bertz CT molecular complexity index is 694. The molecule has 1 aliphatic heterocycles. The van der Waals surface area contributed by atoms with Gasteiger partial charge in [0.15, 0.2) is 0 Å². The molecular formula is C17H24N6O2. The van der Waals surface area contributed by atoms with Crippen molar-refractivity contribution in [1.82, 2.24) is 30.9 Å². The van der Waals surface area contributed by atoms with Gasteiger partial charge in [0.05, 0.1) is 6.54 Å². The van der Waals surface area contributed by atoms with E-state index in [0.29, 0.717) is 48.4 Å². The standard InChI is InChI=1S/C17H24N6O2/c1-11-13(12(2)21-20-11)7-8-16(24)23(3)10-15-19-17(22-25-15)14-6-4-5-9-18-14/h4-6,9,11-13,20-21H,7-8,10H2,1-3H3. The van der Waals surface area contributed by atoms with Crippen LogP contribution in [-0.2, 0) is 11.3 Å². The number of pyridine rings is 1. The number of aromatic nitrogens is 3. The summed E-state index contributed by atoms with van der Waals surface area (Å²) in [5.74, 6) is 1.35. The van der Waals surface area contributed by atoms with Crippen molar-refractivity contribution in [2.75, 3.05) is 7.05 Å². The third-order valence-corrected chi connectivity index (χ3v) is 4.67. The summed E-state index contributed by atoms with van der Waals surface area (Å²) in [4.78, 5) is 22.5. The monoisotopic (exact) mass is 344 g/mol. The minimum absolute atomic E-state index is 0.0730. The van der Waals surface area contributed by atoms with Crippen molar-refractivity contribution in [2.24, 2.45) is 5.92 Å². The average molecular weight is 344 g/mol. The van der Waals surface area contributed by atoms with Crippen molar-refractivity contribution in [3.05, 3.63) is 30.3 Å². The first-order chi connectivity index (χ1) is 12.0. The van der Waals surface area contributed by atoms with E-state index in [9.17, 15) is 4.79 Å². The SMILES string of the molecule is CC1NNC(C)C1CCC(=O)N(C)Cc1nc(-c2ccccn2)no1. The number of rotatable bonds is 6. The van der Waals surface area contributed by atoms with Gasteiger partial charge in [0.25, 0.3) is 0 Å². The van der Waals surface area contributed by atoms with Crippen LogP contribution in [0, 0.1) is 5.92 Å². The number of hydrogen-bond donors (Lipinski definition) is 2. The third kappa shape index (κ3) is 4.21. The Kier molecular flexibility index (Phi) is 5.40. The van der Waals surface area contributed by atoms with Crippen LogP contribution in [0.15, 0.2) is 28.9 Å². The van der Waals surface area contributed by atoms with Crippen LogP contribution in [0.25, 0.3) is 11.5 Å². The summed E-state index contributed by atoms with van der Waals surface area (Å²) in [6, 6.07) is 6.24. The van der Waals surface area contributed by atoms with Crippen LogP contribution in [-0.4, -0.2) is 45.1 Å². The lowest BCUT2D eigenvalue weighted by Crippen LogP contribution is -2.30. The zero-order chi connectivity index (χ0) is 17.8. The summed E-state index contributed by atoms with van der Waals surface area (Å²) in [6.45, 7) is 4.56. The lowest BCUT2D eigenvalue weighted by atomic mass is 9.91. The first kappa shape index (κ1) is 17.5. The molecule has 8 heteroatoms. The maximum Gasteiger partial charge on any atom is 0.246 e. The number of amides is 1. The molecule has 0 bridgehead atoms. The molecule has 0 aromatic carbocycles. The van der Waals surface area contributed by atoms with Gasteiger partial charge in [-0.25, -0.2) is 0 Å². The van der Waals surface area contributed by atoms with Gasteiger partial charge in [-0.05, 0) is 38.3 Å². The second kappa shape index (κ2) is 7.71. The minimum Gasteiger partial charge on any atom is -0.337 e. The van der Waals surface area contributed by atoms with Gasteiger partial charge in [-0.1, -0.05) is 11.2 Å². The van der Waals surface area contributed by atoms with Gasteiger partial charge >= 0.3 is 0 Å². The fourth-order valence-corrected chi connectivity index (χ4v) is 3.10. The lowest BCUT2D eigenvalue weighted by Gasteiger charge is -2.20. The molecule has 0 spiro atoms. The van der Waals surface area contributed by atoms with Gasteiger partial charge < -0.3 is 9.42 Å². The Morgan fingerprint density at radius 3 is 2.72 bits per heavy atom. The number of carbonyl (C=O) groups excluding carboxylic acids is 1. The Balaban J connectivity index is 1.52. The molecule has 2 unspecified atom stereocenters. The van der Waals surface area contributed by atoms with Gasteiger partial charge in [-0.15, -0.1) is 0 Å². The fourth-order valence-electron chi connectivity index (χ4n) is 3.10. The van der Waals surface area contributed by atoms with Crippen molar-refractivity contribution in [3.63, 3.8) is 0 Å². The van der Waals surface area contributed by atoms with Crippen molar-refractivity contribution >= 4 is 5.91 Å². The van der Waals surface area contributed by atoms with E-state index in [4.69, 9.17) is 4.52 Å². The highest BCUT2D eigenvalue weighted by molar-refractivity contribution is 5.75. The van der Waals surface area contributed by atoms with Crippen LogP contribution >= 0.6 is 0 Å². The molecule has 2 atom stereocenters. The predicted molar refractivity (Wildman–Crippen MR) is 91.9 cm³/mol. The largest absolute Gasteiger partial charge is 0.337 e. The first-order valence-electron chi connectivity index (χ1n) is 8.53. The van der Waals surface area contributed by atoms with Crippen molar-refractivity contribution in [2.45, 2.75) is 45.3 Å². The van der Waals surface area contributed by atoms with E-state index in [-0.39, 0.29) is 5.91 Å². The van der Waals surface area contributed by atoms with Gasteiger partial charge in [0, 0.05) is 31.7 Å². The summed E-state index contributed by atoms with van der Waals surface area (Å²) in [7, 11) is 1.75. The fraction of sp³-hybridized carbons (Fsp3) is 0.529. The van der Waals surface area contributed by atoms with Crippen LogP contribution in [0.5, 0.6) is 0 Å². The molecule has 2 N–H and O–H groups in total. The second-order valence-corrected chi connectivity index (χ2v) is 6.55. The summed E-state index contributed by atoms with van der Waals surface area (Å²) < 4.78 is 5.24. The minimum atomic E-state index is 0.0730. The van der Waals surface area contributed by atoms with Crippen LogP contribution < -0.4 is 10.9 Å². The highest BCUT2D eigenvalue weighted by atomic mass is 16.5. The summed E-state index contributed by atoms with van der Waals surface area (Å²) in [5.41, 5.74) is 7.08. The number of nitrogens with zero attached hydrogens (tertiary/aromatic N) is 4. The van der Waals surface area contributed by atoms with Gasteiger partial charge in [-0.2, -0.15) is 4.98 Å². The molecule has 2 aromatic heterocycles. The molecule has 1 fully saturated rings. The number of hydrazine groups is 1. The van der Waals surface area contributed by atoms with Gasteiger partial charge in [0.1, 0.15) is 5.69 Å². The zero-order valence-corrected chi connectivity index (χ0v) is 14.8. The number of carbonyl (C=O) groups is 1. The van der Waals surface area contributed by atoms with E-state index in [1.807, 2.05) is 18.2 Å². The van der Waals surface area contributed by atoms with Crippen molar-refractivity contribution in [1.29, 1.82) is 0 Å². The van der Waals surface area contributed by atoms with E-state index in [1.165, 1.54) is 0 Å². The summed E-state index contributed by atoms with van der Waals surface area (Å²) in [6.07, 6.45) is 3.02. The Hall–Kier alpha value is -2.32. The molecule has 1 saturated heterocycles. The van der Waals surface area contributed by atoms with Crippen molar-refractivity contribution in [3.8, 4) is 11.5 Å². The molecule has 8 nitrogen and oxygen atoms in total. The summed E-state index contributed by atoms with van der Waals surface area (Å²) in [5, 5.41) is 3.92. The topological polar surface area (TPSA) is 96.2 Å². The van der Waals surface area contributed by atoms with Crippen LogP contribution in [0.3, 0.4) is 0 Å². The normalized spacial score (nSPS) is 22.9. The van der Waals surface area contributed by atoms with Gasteiger partial charge in [-0.3, -0.25) is 20.6 Å².